The molecule has 0 aliphatic carbocycles. The van der Waals surface area contributed by atoms with E-state index in [9.17, 15) is 18.3 Å². The molecule has 6 heteroatoms. The second kappa shape index (κ2) is 5.33. The first-order valence-corrected chi connectivity index (χ1v) is 9.00. The van der Waals surface area contributed by atoms with Crippen LogP contribution in [0.25, 0.3) is 0 Å². The van der Waals surface area contributed by atoms with Crippen molar-refractivity contribution in [1.29, 1.82) is 0 Å². The van der Waals surface area contributed by atoms with E-state index in [0.29, 0.717) is 32.4 Å². The Kier molecular flexibility index (Phi) is 3.65. The standard InChI is InChI=1S/C15H19NO4S/c17-13-5-4-11-6-7-16(10-12(11)9-13)15(18)14-3-1-2-8-21(14,19)20/h4-5,9,14,17H,1-3,6-8,10H2. The van der Waals surface area contributed by atoms with Gasteiger partial charge in [-0.25, -0.2) is 8.42 Å². The van der Waals surface area contributed by atoms with Gasteiger partial charge in [0, 0.05) is 13.1 Å². The molecule has 1 N–H and O–H groups in total. The summed E-state index contributed by atoms with van der Waals surface area (Å²) >= 11 is 0. The number of phenols is 1. The molecule has 114 valence electrons. The zero-order valence-corrected chi connectivity index (χ0v) is 12.6. The quantitative estimate of drug-likeness (QED) is 0.847. The van der Waals surface area contributed by atoms with E-state index in [0.717, 1.165) is 17.5 Å². The topological polar surface area (TPSA) is 74.7 Å². The average Bonchev–Trinajstić information content (AvgIpc) is 2.45. The second-order valence-electron chi connectivity index (χ2n) is 5.81. The lowest BCUT2D eigenvalue weighted by Gasteiger charge is -2.33. The van der Waals surface area contributed by atoms with Crippen molar-refractivity contribution in [1.82, 2.24) is 4.90 Å². The van der Waals surface area contributed by atoms with E-state index >= 15 is 0 Å². The first kappa shape index (κ1) is 14.4. The van der Waals surface area contributed by atoms with Gasteiger partial charge in [0.2, 0.25) is 5.91 Å². The maximum atomic E-state index is 12.5. The molecule has 0 radical (unpaired) electrons. The number of sulfone groups is 1. The highest BCUT2D eigenvalue weighted by atomic mass is 32.2. The summed E-state index contributed by atoms with van der Waals surface area (Å²) in [4.78, 5) is 14.2. The van der Waals surface area contributed by atoms with Gasteiger partial charge < -0.3 is 10.0 Å². The molecule has 1 amide bonds. The van der Waals surface area contributed by atoms with Crippen LogP contribution in [0, 0.1) is 0 Å². The number of phenolic OH excluding ortho intramolecular Hbond substituents is 1. The minimum atomic E-state index is -3.30. The van der Waals surface area contributed by atoms with Crippen LogP contribution in [0.2, 0.25) is 0 Å². The Morgan fingerprint density at radius 3 is 2.81 bits per heavy atom. The normalized spacial score (nSPS) is 24.4. The van der Waals surface area contributed by atoms with E-state index in [-0.39, 0.29) is 17.4 Å². The van der Waals surface area contributed by atoms with Crippen LogP contribution in [-0.2, 0) is 27.6 Å². The molecule has 1 atom stereocenters. The van der Waals surface area contributed by atoms with Crippen molar-refractivity contribution in [3.8, 4) is 5.75 Å². The fourth-order valence-electron chi connectivity index (χ4n) is 3.17. The van der Waals surface area contributed by atoms with Crippen LogP contribution in [0.4, 0.5) is 0 Å². The summed E-state index contributed by atoms with van der Waals surface area (Å²) in [5.74, 6) is 0.0197. The Morgan fingerprint density at radius 1 is 1.24 bits per heavy atom. The molecule has 2 aliphatic heterocycles. The van der Waals surface area contributed by atoms with Gasteiger partial charge in [-0.1, -0.05) is 12.5 Å². The minimum absolute atomic E-state index is 0.120. The number of hydrogen-bond donors (Lipinski definition) is 1. The van der Waals surface area contributed by atoms with Crippen molar-refractivity contribution in [3.63, 3.8) is 0 Å². The maximum absolute atomic E-state index is 12.5. The first-order chi connectivity index (χ1) is 9.97. The van der Waals surface area contributed by atoms with E-state index in [1.807, 2.05) is 6.07 Å². The molecule has 1 aromatic carbocycles. The predicted octanol–water partition coefficient (Wildman–Crippen LogP) is 1.24. The number of hydrogen-bond acceptors (Lipinski definition) is 4. The fraction of sp³-hybridized carbons (Fsp3) is 0.533. The van der Waals surface area contributed by atoms with E-state index in [2.05, 4.69) is 0 Å². The van der Waals surface area contributed by atoms with Gasteiger partial charge in [-0.2, -0.15) is 0 Å². The lowest BCUT2D eigenvalue weighted by molar-refractivity contribution is -0.131. The Balaban J connectivity index is 1.81. The third-order valence-electron chi connectivity index (χ3n) is 4.37. The van der Waals surface area contributed by atoms with Crippen molar-refractivity contribution in [2.75, 3.05) is 12.3 Å². The van der Waals surface area contributed by atoms with Crippen LogP contribution in [-0.4, -0.2) is 41.9 Å². The number of benzene rings is 1. The number of carbonyl (C=O) groups is 1. The van der Waals surface area contributed by atoms with Crippen molar-refractivity contribution < 1.29 is 18.3 Å². The number of amides is 1. The minimum Gasteiger partial charge on any atom is -0.508 e. The highest BCUT2D eigenvalue weighted by Crippen LogP contribution is 2.26. The predicted molar refractivity (Wildman–Crippen MR) is 78.7 cm³/mol. The van der Waals surface area contributed by atoms with Crippen molar-refractivity contribution in [2.45, 2.75) is 37.5 Å². The Bertz CT molecular complexity index is 668. The molecule has 1 saturated heterocycles. The Hall–Kier alpha value is -1.56. The summed E-state index contributed by atoms with van der Waals surface area (Å²) in [6, 6.07) is 5.16. The molecule has 21 heavy (non-hydrogen) atoms. The van der Waals surface area contributed by atoms with Crippen molar-refractivity contribution in [2.24, 2.45) is 0 Å². The largest absolute Gasteiger partial charge is 0.508 e. The van der Waals surface area contributed by atoms with Gasteiger partial charge in [0.15, 0.2) is 9.84 Å². The van der Waals surface area contributed by atoms with Gasteiger partial charge >= 0.3 is 0 Å². The summed E-state index contributed by atoms with van der Waals surface area (Å²) in [6.45, 7) is 0.928. The number of rotatable bonds is 1. The molecule has 0 spiro atoms. The first-order valence-electron chi connectivity index (χ1n) is 7.28. The van der Waals surface area contributed by atoms with Crippen LogP contribution >= 0.6 is 0 Å². The molecule has 2 heterocycles. The molecule has 0 aromatic heterocycles. The third kappa shape index (κ3) is 2.77. The van der Waals surface area contributed by atoms with Gasteiger partial charge in [0.05, 0.1) is 5.75 Å². The molecule has 0 bridgehead atoms. The summed E-state index contributed by atoms with van der Waals surface area (Å²) in [5.41, 5.74) is 2.02. The van der Waals surface area contributed by atoms with Gasteiger partial charge in [0.1, 0.15) is 11.0 Å². The fourth-order valence-corrected chi connectivity index (χ4v) is 5.04. The van der Waals surface area contributed by atoms with E-state index in [1.165, 1.54) is 0 Å². The molecule has 2 aliphatic rings. The van der Waals surface area contributed by atoms with Gasteiger partial charge in [-0.15, -0.1) is 0 Å². The maximum Gasteiger partial charge on any atom is 0.241 e. The molecular formula is C15H19NO4S. The SMILES string of the molecule is O=C(C1CCCCS1(=O)=O)N1CCc2ccc(O)cc2C1. The van der Waals surface area contributed by atoms with Gasteiger partial charge in [-0.3, -0.25) is 4.79 Å². The highest BCUT2D eigenvalue weighted by Gasteiger charge is 2.38. The number of nitrogens with zero attached hydrogens (tertiary/aromatic N) is 1. The van der Waals surface area contributed by atoms with E-state index in [1.54, 1.807) is 17.0 Å². The molecule has 1 fully saturated rings. The van der Waals surface area contributed by atoms with Crippen LogP contribution < -0.4 is 0 Å². The molecule has 0 saturated carbocycles. The summed E-state index contributed by atoms with van der Waals surface area (Å²) in [5, 5.41) is 8.68. The lowest BCUT2D eigenvalue weighted by Crippen LogP contribution is -2.47. The van der Waals surface area contributed by atoms with Crippen LogP contribution in [0.5, 0.6) is 5.75 Å². The summed E-state index contributed by atoms with van der Waals surface area (Å²) in [7, 11) is -3.30. The Labute approximate surface area is 124 Å². The smallest absolute Gasteiger partial charge is 0.241 e. The number of aromatic hydroxyl groups is 1. The van der Waals surface area contributed by atoms with Gasteiger partial charge in [0.25, 0.3) is 0 Å². The molecule has 5 nitrogen and oxygen atoms in total. The van der Waals surface area contributed by atoms with Crippen molar-refractivity contribution >= 4 is 15.7 Å². The molecule has 1 aromatic rings. The zero-order chi connectivity index (χ0) is 15.0. The van der Waals surface area contributed by atoms with Crippen LogP contribution in [0.3, 0.4) is 0 Å². The summed E-state index contributed by atoms with van der Waals surface area (Å²) in [6.07, 6.45) is 2.59. The summed E-state index contributed by atoms with van der Waals surface area (Å²) < 4.78 is 24.2. The number of fused-ring (bicyclic) bond motifs is 1. The highest BCUT2D eigenvalue weighted by molar-refractivity contribution is 7.92. The van der Waals surface area contributed by atoms with Crippen molar-refractivity contribution in [3.05, 3.63) is 29.3 Å². The van der Waals surface area contributed by atoms with Crippen LogP contribution in [0.1, 0.15) is 30.4 Å². The number of carbonyl (C=O) groups excluding carboxylic acids is 1. The zero-order valence-electron chi connectivity index (χ0n) is 11.8. The van der Waals surface area contributed by atoms with Gasteiger partial charge in [-0.05, 0) is 42.5 Å². The molecule has 1 unspecified atom stereocenters. The van der Waals surface area contributed by atoms with E-state index in [4.69, 9.17) is 0 Å². The lowest BCUT2D eigenvalue weighted by atomic mass is 9.99. The molecular weight excluding hydrogens is 290 g/mol. The van der Waals surface area contributed by atoms with Crippen LogP contribution in [0.15, 0.2) is 18.2 Å². The Morgan fingerprint density at radius 2 is 2.05 bits per heavy atom. The average molecular weight is 309 g/mol. The second-order valence-corrected chi connectivity index (χ2v) is 8.12. The van der Waals surface area contributed by atoms with E-state index < -0.39 is 15.1 Å². The third-order valence-corrected chi connectivity index (χ3v) is 6.53. The monoisotopic (exact) mass is 309 g/mol. The molecule has 3 rings (SSSR count).